The first-order chi connectivity index (χ1) is 9.06. The molecule has 1 N–H and O–H groups in total. The molecule has 19 heavy (non-hydrogen) atoms. The van der Waals surface area contributed by atoms with Crippen LogP contribution in [0.1, 0.15) is 27.7 Å². The molecule has 0 bridgehead atoms. The van der Waals surface area contributed by atoms with E-state index in [2.05, 4.69) is 15.3 Å². The summed E-state index contributed by atoms with van der Waals surface area (Å²) < 4.78 is 5.46. The summed E-state index contributed by atoms with van der Waals surface area (Å²) in [6, 6.07) is 1.69. The molecule has 0 saturated heterocycles. The van der Waals surface area contributed by atoms with Crippen molar-refractivity contribution in [2.75, 3.05) is 25.0 Å². The van der Waals surface area contributed by atoms with Crippen LogP contribution in [0.15, 0.2) is 12.4 Å². The highest BCUT2D eigenvalue weighted by atomic mass is 16.5. The van der Waals surface area contributed by atoms with Crippen LogP contribution < -0.4 is 10.1 Å². The molecule has 0 fully saturated rings. The first-order valence-corrected chi connectivity index (χ1v) is 6.57. The lowest BCUT2D eigenvalue weighted by molar-refractivity contribution is -0.128. The third-order valence-corrected chi connectivity index (χ3v) is 2.54. The van der Waals surface area contributed by atoms with E-state index in [1.54, 1.807) is 11.0 Å². The zero-order valence-corrected chi connectivity index (χ0v) is 12.0. The van der Waals surface area contributed by atoms with Crippen molar-refractivity contribution in [2.24, 2.45) is 0 Å². The predicted octanol–water partition coefficient (Wildman–Crippen LogP) is 1.54. The Hall–Kier alpha value is -1.85. The van der Waals surface area contributed by atoms with Gasteiger partial charge in [-0.2, -0.15) is 0 Å². The lowest BCUT2D eigenvalue weighted by atomic mass is 10.4. The van der Waals surface area contributed by atoms with Crippen LogP contribution in [0.5, 0.6) is 5.88 Å². The van der Waals surface area contributed by atoms with E-state index in [9.17, 15) is 4.79 Å². The third-order valence-electron chi connectivity index (χ3n) is 2.54. The number of likely N-dealkylation sites (N-methyl/N-ethyl adjacent to an activating group) is 1. The molecule has 0 spiro atoms. The number of hydrogen-bond donors (Lipinski definition) is 1. The number of amides is 1. The zero-order valence-electron chi connectivity index (χ0n) is 12.0. The number of carbonyl (C=O) groups is 1. The van der Waals surface area contributed by atoms with Crippen molar-refractivity contribution in [1.82, 2.24) is 14.9 Å². The number of carbonyl (C=O) groups excluding carboxylic acids is 1. The Balaban J connectivity index is 2.55. The molecule has 1 heterocycles. The van der Waals surface area contributed by atoms with E-state index in [1.807, 2.05) is 27.7 Å². The predicted molar refractivity (Wildman–Crippen MR) is 74.2 cm³/mol. The lowest BCUT2D eigenvalue weighted by Gasteiger charge is -2.18. The Morgan fingerprint density at radius 1 is 1.37 bits per heavy atom. The van der Waals surface area contributed by atoms with E-state index in [0.29, 0.717) is 24.8 Å². The number of rotatable bonds is 7. The summed E-state index contributed by atoms with van der Waals surface area (Å²) in [5, 5.41) is 2.98. The van der Waals surface area contributed by atoms with Gasteiger partial charge in [-0.15, -0.1) is 0 Å². The van der Waals surface area contributed by atoms with Crippen LogP contribution in [0, 0.1) is 0 Å². The molecule has 1 aromatic rings. The van der Waals surface area contributed by atoms with Crippen LogP contribution in [0.4, 0.5) is 5.82 Å². The van der Waals surface area contributed by atoms with Crippen molar-refractivity contribution in [2.45, 2.75) is 33.8 Å². The Morgan fingerprint density at radius 2 is 2.05 bits per heavy atom. The number of hydrogen-bond acceptors (Lipinski definition) is 5. The quantitative estimate of drug-likeness (QED) is 0.811. The van der Waals surface area contributed by atoms with E-state index in [-0.39, 0.29) is 18.6 Å². The highest BCUT2D eigenvalue weighted by Gasteiger charge is 2.09. The highest BCUT2D eigenvalue weighted by molar-refractivity contribution is 5.80. The average Bonchev–Trinajstić information content (AvgIpc) is 2.37. The van der Waals surface area contributed by atoms with E-state index in [4.69, 9.17) is 4.74 Å². The SMILES string of the molecule is CCN(CC)C(=O)CNc1cc(OC(C)C)ncn1. The van der Waals surface area contributed by atoms with Crippen LogP contribution in [0.3, 0.4) is 0 Å². The van der Waals surface area contributed by atoms with Gasteiger partial charge in [0.1, 0.15) is 12.1 Å². The monoisotopic (exact) mass is 266 g/mol. The maximum atomic E-state index is 11.8. The maximum absolute atomic E-state index is 11.8. The smallest absolute Gasteiger partial charge is 0.241 e. The fourth-order valence-corrected chi connectivity index (χ4v) is 1.60. The number of nitrogens with zero attached hydrogens (tertiary/aromatic N) is 3. The molecule has 0 atom stereocenters. The molecule has 0 unspecified atom stereocenters. The minimum Gasteiger partial charge on any atom is -0.475 e. The number of aromatic nitrogens is 2. The molecule has 6 heteroatoms. The fourth-order valence-electron chi connectivity index (χ4n) is 1.60. The van der Waals surface area contributed by atoms with Crippen LogP contribution in [-0.4, -0.2) is 46.5 Å². The fraction of sp³-hybridized carbons (Fsp3) is 0.615. The Labute approximate surface area is 114 Å². The molecule has 0 aliphatic heterocycles. The molecular formula is C13H22N4O2. The van der Waals surface area contributed by atoms with Gasteiger partial charge < -0.3 is 15.0 Å². The second-order valence-corrected chi connectivity index (χ2v) is 4.33. The van der Waals surface area contributed by atoms with Gasteiger partial charge in [0.25, 0.3) is 0 Å². The summed E-state index contributed by atoms with van der Waals surface area (Å²) in [6.07, 6.45) is 1.47. The Morgan fingerprint density at radius 3 is 2.63 bits per heavy atom. The molecule has 0 aliphatic rings. The molecule has 1 aromatic heterocycles. The van der Waals surface area contributed by atoms with Gasteiger partial charge in [0.15, 0.2) is 0 Å². The number of nitrogens with one attached hydrogen (secondary N) is 1. The van der Waals surface area contributed by atoms with Crippen molar-refractivity contribution in [3.05, 3.63) is 12.4 Å². The van der Waals surface area contributed by atoms with Crippen molar-refractivity contribution in [1.29, 1.82) is 0 Å². The Kier molecular flexibility index (Phi) is 6.05. The highest BCUT2D eigenvalue weighted by Crippen LogP contribution is 2.12. The number of ether oxygens (including phenoxy) is 1. The van der Waals surface area contributed by atoms with Crippen molar-refractivity contribution in [3.8, 4) is 5.88 Å². The molecule has 0 saturated carbocycles. The molecule has 6 nitrogen and oxygen atoms in total. The van der Waals surface area contributed by atoms with Crippen molar-refractivity contribution in [3.63, 3.8) is 0 Å². The molecule has 0 radical (unpaired) electrons. The molecular weight excluding hydrogens is 244 g/mol. The first-order valence-electron chi connectivity index (χ1n) is 6.57. The number of anilines is 1. The minimum atomic E-state index is 0.0509. The molecule has 1 rings (SSSR count). The van der Waals surface area contributed by atoms with E-state index < -0.39 is 0 Å². The topological polar surface area (TPSA) is 67.4 Å². The summed E-state index contributed by atoms with van der Waals surface area (Å²) >= 11 is 0. The van der Waals surface area contributed by atoms with Gasteiger partial charge in [-0.3, -0.25) is 4.79 Å². The second kappa shape index (κ2) is 7.56. The summed E-state index contributed by atoms with van der Waals surface area (Å²) in [6.45, 7) is 9.42. The minimum absolute atomic E-state index is 0.0509. The van der Waals surface area contributed by atoms with E-state index >= 15 is 0 Å². The van der Waals surface area contributed by atoms with Gasteiger partial charge in [-0.25, -0.2) is 9.97 Å². The molecule has 0 aliphatic carbocycles. The Bertz CT molecular complexity index is 405. The van der Waals surface area contributed by atoms with Crippen molar-refractivity contribution < 1.29 is 9.53 Å². The molecule has 0 aromatic carbocycles. The van der Waals surface area contributed by atoms with Gasteiger partial charge >= 0.3 is 0 Å². The second-order valence-electron chi connectivity index (χ2n) is 4.33. The molecule has 1 amide bonds. The van der Waals surface area contributed by atoms with E-state index in [0.717, 1.165) is 0 Å². The van der Waals surface area contributed by atoms with Gasteiger partial charge in [0, 0.05) is 19.2 Å². The summed E-state index contributed by atoms with van der Waals surface area (Å²) in [5.41, 5.74) is 0. The third kappa shape index (κ3) is 5.11. The maximum Gasteiger partial charge on any atom is 0.241 e. The van der Waals surface area contributed by atoms with Gasteiger partial charge in [-0.05, 0) is 27.7 Å². The van der Waals surface area contributed by atoms with Crippen LogP contribution in [0.2, 0.25) is 0 Å². The first kappa shape index (κ1) is 15.2. The average molecular weight is 266 g/mol. The summed E-state index contributed by atoms with van der Waals surface area (Å²) in [7, 11) is 0. The van der Waals surface area contributed by atoms with Crippen LogP contribution in [0.25, 0.3) is 0 Å². The van der Waals surface area contributed by atoms with Crippen molar-refractivity contribution >= 4 is 11.7 Å². The van der Waals surface area contributed by atoms with Gasteiger partial charge in [0.05, 0.1) is 12.6 Å². The zero-order chi connectivity index (χ0) is 14.3. The summed E-state index contributed by atoms with van der Waals surface area (Å²) in [4.78, 5) is 21.7. The van der Waals surface area contributed by atoms with E-state index in [1.165, 1.54) is 6.33 Å². The van der Waals surface area contributed by atoms with Crippen LogP contribution in [-0.2, 0) is 4.79 Å². The van der Waals surface area contributed by atoms with Crippen LogP contribution >= 0.6 is 0 Å². The molecule has 106 valence electrons. The standard InChI is InChI=1S/C13H22N4O2/c1-5-17(6-2)13(18)8-14-11-7-12(16-9-15-11)19-10(3)4/h7,9-10H,5-6,8H2,1-4H3,(H,14,15,16). The summed E-state index contributed by atoms with van der Waals surface area (Å²) in [5.74, 6) is 1.14. The van der Waals surface area contributed by atoms with Gasteiger partial charge in [0.2, 0.25) is 11.8 Å². The van der Waals surface area contributed by atoms with Gasteiger partial charge in [-0.1, -0.05) is 0 Å². The lowest BCUT2D eigenvalue weighted by Crippen LogP contribution is -2.35. The normalized spacial score (nSPS) is 10.4. The largest absolute Gasteiger partial charge is 0.475 e.